The standard InChI is InChI=1S/CH4N2O.Mg.H2O4S.2H/c2-1(3)4;;1-5(2,3)4;;/h(H4,2,3,4);;(H2,1,2,3,4);;/q;+2;;2*-1. The topological polar surface area (TPSA) is 144 Å². The third-order valence-corrected chi connectivity index (χ3v) is 0. The van der Waals surface area contributed by atoms with Crippen molar-refractivity contribution in [2.75, 3.05) is 0 Å². The Kier molecular flexibility index (Phi) is 11.6. The number of carbonyl (C=O) groups excluding carboxylic acids is 1. The monoisotopic (exact) mass is 184 g/mol. The van der Waals surface area contributed by atoms with Gasteiger partial charge in [0, 0.05) is 0 Å². The van der Waals surface area contributed by atoms with Gasteiger partial charge < -0.3 is 14.3 Å². The number of amides is 2. The van der Waals surface area contributed by atoms with Gasteiger partial charge in [0.05, 0.1) is 0 Å². The number of hydrogen-bond acceptors (Lipinski definition) is 3. The van der Waals surface area contributed by atoms with Gasteiger partial charge >= 0.3 is 39.5 Å². The van der Waals surface area contributed by atoms with Crippen molar-refractivity contribution < 1.29 is 25.2 Å². The predicted octanol–water partition coefficient (Wildman–Crippen LogP) is -1.78. The number of carbonyl (C=O) groups is 1. The molecule has 0 aliphatic carbocycles. The zero-order valence-electron chi connectivity index (χ0n) is 6.89. The van der Waals surface area contributed by atoms with E-state index in [2.05, 4.69) is 11.5 Å². The molecule has 0 spiro atoms. The largest absolute Gasteiger partial charge is 2.00 e. The molecule has 0 aliphatic rings. The first-order chi connectivity index (χ1) is 3.73. The quantitative estimate of drug-likeness (QED) is 0.260. The van der Waals surface area contributed by atoms with E-state index in [1.54, 1.807) is 0 Å². The SMILES string of the molecule is NC(N)=O.O=S(=O)(O)O.[H-].[H-].[Mg+2]. The Bertz CT molecular complexity index is 170. The van der Waals surface area contributed by atoms with Crippen LogP contribution in [0.1, 0.15) is 2.85 Å². The number of nitrogens with two attached hydrogens (primary N) is 2. The molecule has 9 heteroatoms. The van der Waals surface area contributed by atoms with E-state index in [9.17, 15) is 0 Å². The maximum atomic E-state index is 9.00. The smallest absolute Gasteiger partial charge is 1.00 e. The van der Waals surface area contributed by atoms with Gasteiger partial charge in [0.2, 0.25) is 0 Å². The summed E-state index contributed by atoms with van der Waals surface area (Å²) in [6.45, 7) is 0. The fourth-order valence-corrected chi connectivity index (χ4v) is 0. The van der Waals surface area contributed by atoms with Crippen molar-refractivity contribution in [2.45, 2.75) is 0 Å². The van der Waals surface area contributed by atoms with Gasteiger partial charge in [-0.3, -0.25) is 9.11 Å². The zero-order valence-corrected chi connectivity index (χ0v) is 7.12. The Hall–Kier alpha value is -0.0938. The molecule has 0 radical (unpaired) electrons. The molecule has 0 aliphatic heterocycles. The molecular formula is CH8MgN2O5S. The minimum absolute atomic E-state index is 0. The minimum Gasteiger partial charge on any atom is -1.00 e. The summed E-state index contributed by atoms with van der Waals surface area (Å²) in [4.78, 5) is 9.00. The number of primary amides is 2. The summed E-state index contributed by atoms with van der Waals surface area (Å²) in [6.07, 6.45) is 0. The van der Waals surface area contributed by atoms with Crippen molar-refractivity contribution in [1.82, 2.24) is 0 Å². The van der Waals surface area contributed by atoms with Gasteiger partial charge in [-0.2, -0.15) is 8.42 Å². The normalized spacial score (nSPS) is 8.20. The summed E-state index contributed by atoms with van der Waals surface area (Å²) in [5.41, 5.74) is 8.50. The van der Waals surface area contributed by atoms with Crippen LogP contribution in [0.15, 0.2) is 0 Å². The molecule has 60 valence electrons. The predicted molar refractivity (Wildman–Crippen MR) is 35.9 cm³/mol. The van der Waals surface area contributed by atoms with Gasteiger partial charge in [-0.15, -0.1) is 0 Å². The fourth-order valence-electron chi connectivity index (χ4n) is 0. The molecule has 0 aromatic carbocycles. The van der Waals surface area contributed by atoms with Crippen LogP contribution >= 0.6 is 0 Å². The number of hydrogen-bond donors (Lipinski definition) is 4. The molecule has 7 nitrogen and oxygen atoms in total. The molecular weight excluding hydrogens is 176 g/mol. The molecule has 0 aromatic rings. The average molecular weight is 184 g/mol. The molecule has 0 aromatic heterocycles. The number of urea groups is 1. The fraction of sp³-hybridized carbons (Fsp3) is 0. The van der Waals surface area contributed by atoms with Crippen molar-refractivity contribution in [3.8, 4) is 0 Å². The van der Waals surface area contributed by atoms with Crippen molar-refractivity contribution >= 4 is 39.5 Å². The van der Waals surface area contributed by atoms with E-state index in [4.69, 9.17) is 22.3 Å². The van der Waals surface area contributed by atoms with Crippen LogP contribution in [-0.2, 0) is 10.4 Å². The van der Waals surface area contributed by atoms with Crippen LogP contribution in [-0.4, -0.2) is 46.6 Å². The summed E-state index contributed by atoms with van der Waals surface area (Å²) in [7, 11) is -4.67. The second kappa shape index (κ2) is 7.02. The van der Waals surface area contributed by atoms with Gasteiger partial charge in [0.1, 0.15) is 0 Å². The Morgan fingerprint density at radius 1 is 1.30 bits per heavy atom. The molecule has 0 bridgehead atoms. The molecule has 6 N–H and O–H groups in total. The summed E-state index contributed by atoms with van der Waals surface area (Å²) in [6, 6.07) is -0.833. The zero-order chi connectivity index (χ0) is 8.08. The van der Waals surface area contributed by atoms with E-state index in [1.807, 2.05) is 0 Å². The van der Waals surface area contributed by atoms with Gasteiger partial charge in [0.15, 0.2) is 0 Å². The van der Waals surface area contributed by atoms with Crippen molar-refractivity contribution in [1.29, 1.82) is 0 Å². The minimum atomic E-state index is -4.67. The van der Waals surface area contributed by atoms with Gasteiger partial charge in [-0.05, 0) is 0 Å². The van der Waals surface area contributed by atoms with Crippen LogP contribution in [0.5, 0.6) is 0 Å². The van der Waals surface area contributed by atoms with Crippen LogP contribution < -0.4 is 11.5 Å². The molecule has 10 heavy (non-hydrogen) atoms. The third kappa shape index (κ3) is 42900. The number of rotatable bonds is 0. The first-order valence-corrected chi connectivity index (χ1v) is 2.88. The second-order valence-corrected chi connectivity index (χ2v) is 1.75. The van der Waals surface area contributed by atoms with Crippen molar-refractivity contribution in [3.05, 3.63) is 0 Å². The van der Waals surface area contributed by atoms with Crippen LogP contribution in [0, 0.1) is 0 Å². The first-order valence-electron chi connectivity index (χ1n) is 1.48. The summed E-state index contributed by atoms with van der Waals surface area (Å²) in [5, 5.41) is 0. The Morgan fingerprint density at radius 2 is 1.30 bits per heavy atom. The molecule has 0 saturated heterocycles. The van der Waals surface area contributed by atoms with E-state index in [-0.39, 0.29) is 25.9 Å². The molecule has 0 fully saturated rings. The Labute approximate surface area is 76.5 Å². The summed E-state index contributed by atoms with van der Waals surface area (Å²) >= 11 is 0. The molecule has 0 atom stereocenters. The Morgan fingerprint density at radius 3 is 1.30 bits per heavy atom. The van der Waals surface area contributed by atoms with E-state index < -0.39 is 16.4 Å². The molecule has 0 heterocycles. The van der Waals surface area contributed by atoms with Crippen LogP contribution in [0.2, 0.25) is 0 Å². The van der Waals surface area contributed by atoms with Crippen LogP contribution in [0.3, 0.4) is 0 Å². The maximum absolute atomic E-state index is 9.00. The van der Waals surface area contributed by atoms with E-state index >= 15 is 0 Å². The maximum Gasteiger partial charge on any atom is 2.00 e. The molecule has 0 saturated carbocycles. The molecule has 0 unspecified atom stereocenters. The van der Waals surface area contributed by atoms with E-state index in [0.717, 1.165) is 0 Å². The molecule has 2 amide bonds. The van der Waals surface area contributed by atoms with Gasteiger partial charge in [-0.25, -0.2) is 4.79 Å². The third-order valence-electron chi connectivity index (χ3n) is 0. The summed E-state index contributed by atoms with van der Waals surface area (Å²) in [5.74, 6) is 0. The average Bonchev–Trinajstić information content (AvgIpc) is 1.19. The first kappa shape index (κ1) is 16.5. The van der Waals surface area contributed by atoms with Crippen LogP contribution in [0.4, 0.5) is 4.79 Å². The van der Waals surface area contributed by atoms with E-state index in [1.165, 1.54) is 0 Å². The van der Waals surface area contributed by atoms with Gasteiger partial charge in [0.25, 0.3) is 0 Å². The van der Waals surface area contributed by atoms with Gasteiger partial charge in [-0.1, -0.05) is 0 Å². The Balaban J connectivity index is -0.0000000221. The summed E-state index contributed by atoms with van der Waals surface area (Å²) < 4.78 is 31.6. The second-order valence-electron chi connectivity index (χ2n) is 0.850. The van der Waals surface area contributed by atoms with Crippen molar-refractivity contribution in [3.63, 3.8) is 0 Å². The van der Waals surface area contributed by atoms with Crippen LogP contribution in [0.25, 0.3) is 0 Å². The van der Waals surface area contributed by atoms with E-state index in [0.29, 0.717) is 0 Å². The molecule has 0 rings (SSSR count). The van der Waals surface area contributed by atoms with Crippen molar-refractivity contribution in [2.24, 2.45) is 11.5 Å².